The average molecular weight is 124 g/mol. The lowest BCUT2D eigenvalue weighted by Gasteiger charge is -1.85. The van der Waals surface area contributed by atoms with E-state index in [1.165, 1.54) is 6.42 Å². The fourth-order valence-corrected chi connectivity index (χ4v) is 0.446. The second kappa shape index (κ2) is 7.16. The minimum Gasteiger partial charge on any atom is -0.296 e. The van der Waals surface area contributed by atoms with Gasteiger partial charge < -0.3 is 0 Å². The fraction of sp³-hybridized carbons (Fsp3) is 0.714. The highest BCUT2D eigenvalue weighted by molar-refractivity contribution is 5.59. The molecule has 0 fully saturated rings. The van der Waals surface area contributed by atoms with Gasteiger partial charge in [-0.3, -0.25) is 4.99 Å². The quantitative estimate of drug-likeness (QED) is 0.415. The third-order valence-electron chi connectivity index (χ3n) is 0.952. The van der Waals surface area contributed by atoms with Crippen LogP contribution in [0.3, 0.4) is 0 Å². The van der Waals surface area contributed by atoms with Crippen molar-refractivity contribution in [1.82, 2.24) is 0 Å². The summed E-state index contributed by atoms with van der Waals surface area (Å²) in [6.07, 6.45) is 4.42. The molecule has 9 heavy (non-hydrogen) atoms. The summed E-state index contributed by atoms with van der Waals surface area (Å²) in [6, 6.07) is 2.00. The Morgan fingerprint density at radius 3 is 3.00 bits per heavy atom. The van der Waals surface area contributed by atoms with E-state index in [1.807, 2.05) is 6.07 Å². The van der Waals surface area contributed by atoms with Crippen molar-refractivity contribution in [3.05, 3.63) is 0 Å². The van der Waals surface area contributed by atoms with Gasteiger partial charge in [-0.1, -0.05) is 13.3 Å². The molecule has 0 amide bonds. The SMILES string of the molecule is CCCCN=CCC#N. The van der Waals surface area contributed by atoms with E-state index >= 15 is 0 Å². The molecule has 2 nitrogen and oxygen atoms in total. The third-order valence-corrected chi connectivity index (χ3v) is 0.952. The van der Waals surface area contributed by atoms with Crippen molar-refractivity contribution in [2.45, 2.75) is 26.2 Å². The topological polar surface area (TPSA) is 36.1 Å². The van der Waals surface area contributed by atoms with Gasteiger partial charge in [-0.2, -0.15) is 5.26 Å². The number of hydrogen-bond donors (Lipinski definition) is 0. The molecule has 0 saturated heterocycles. The Bertz CT molecular complexity index is 111. The Morgan fingerprint density at radius 2 is 2.44 bits per heavy atom. The van der Waals surface area contributed by atoms with E-state index in [9.17, 15) is 0 Å². The maximum Gasteiger partial charge on any atom is 0.0700 e. The van der Waals surface area contributed by atoms with Crippen LogP contribution in [-0.4, -0.2) is 12.8 Å². The molecule has 0 bridgehead atoms. The summed E-state index contributed by atoms with van der Waals surface area (Å²) in [5.74, 6) is 0. The van der Waals surface area contributed by atoms with E-state index in [-0.39, 0.29) is 0 Å². The predicted molar refractivity (Wildman–Crippen MR) is 38.5 cm³/mol. The van der Waals surface area contributed by atoms with Gasteiger partial charge in [-0.05, 0) is 6.42 Å². The first-order chi connectivity index (χ1) is 4.41. The Morgan fingerprint density at radius 1 is 1.67 bits per heavy atom. The van der Waals surface area contributed by atoms with Gasteiger partial charge in [0.15, 0.2) is 0 Å². The molecule has 0 spiro atoms. The Labute approximate surface area is 56.2 Å². The summed E-state index contributed by atoms with van der Waals surface area (Å²) in [6.45, 7) is 3.00. The summed E-state index contributed by atoms with van der Waals surface area (Å²) in [5.41, 5.74) is 0. The number of unbranched alkanes of at least 4 members (excludes halogenated alkanes) is 1. The minimum atomic E-state index is 0.448. The molecular weight excluding hydrogens is 112 g/mol. The minimum absolute atomic E-state index is 0.448. The standard InChI is InChI=1S/C7H12N2/c1-2-3-6-9-7-4-5-8/h7H,2-4,6H2,1H3. The molecule has 0 aromatic carbocycles. The van der Waals surface area contributed by atoms with Crippen molar-refractivity contribution in [1.29, 1.82) is 5.26 Å². The van der Waals surface area contributed by atoms with E-state index in [2.05, 4.69) is 11.9 Å². The van der Waals surface area contributed by atoms with Crippen LogP contribution in [0, 0.1) is 11.3 Å². The molecule has 0 unspecified atom stereocenters. The highest BCUT2D eigenvalue weighted by Gasteiger charge is 1.76. The third kappa shape index (κ3) is 7.16. The number of hydrogen-bond acceptors (Lipinski definition) is 2. The maximum atomic E-state index is 8.08. The predicted octanol–water partition coefficient (Wildman–Crippen LogP) is 1.77. The molecule has 2 heteroatoms. The summed E-state index contributed by atoms with van der Waals surface area (Å²) in [7, 11) is 0. The van der Waals surface area contributed by atoms with Crippen LogP contribution >= 0.6 is 0 Å². The molecule has 0 aliphatic carbocycles. The lowest BCUT2D eigenvalue weighted by molar-refractivity contribution is 0.809. The second-order valence-electron chi connectivity index (χ2n) is 1.80. The van der Waals surface area contributed by atoms with Crippen LogP contribution in [0.5, 0.6) is 0 Å². The monoisotopic (exact) mass is 124 g/mol. The molecule has 0 saturated carbocycles. The highest BCUT2D eigenvalue weighted by atomic mass is 14.7. The van der Waals surface area contributed by atoms with Crippen molar-refractivity contribution in [2.24, 2.45) is 4.99 Å². The number of nitriles is 1. The summed E-state index contributed by atoms with van der Waals surface area (Å²) in [5, 5.41) is 8.08. The normalized spacial score (nSPS) is 9.78. The van der Waals surface area contributed by atoms with E-state index in [4.69, 9.17) is 5.26 Å². The lowest BCUT2D eigenvalue weighted by atomic mass is 10.3. The zero-order valence-electron chi connectivity index (χ0n) is 5.80. The number of aliphatic imine (C=N–C) groups is 1. The van der Waals surface area contributed by atoms with Gasteiger partial charge in [0.1, 0.15) is 0 Å². The fourth-order valence-electron chi connectivity index (χ4n) is 0.446. The van der Waals surface area contributed by atoms with Crippen LogP contribution < -0.4 is 0 Å². The summed E-state index contributed by atoms with van der Waals surface area (Å²) < 4.78 is 0. The second-order valence-corrected chi connectivity index (χ2v) is 1.80. The van der Waals surface area contributed by atoms with Crippen LogP contribution in [0.1, 0.15) is 26.2 Å². The van der Waals surface area contributed by atoms with Gasteiger partial charge >= 0.3 is 0 Å². The molecule has 0 aromatic rings. The first-order valence-electron chi connectivity index (χ1n) is 3.27. The van der Waals surface area contributed by atoms with Crippen LogP contribution in [0.4, 0.5) is 0 Å². The first kappa shape index (κ1) is 8.16. The largest absolute Gasteiger partial charge is 0.296 e. The van der Waals surface area contributed by atoms with Gasteiger partial charge in [0, 0.05) is 12.8 Å². The number of rotatable bonds is 4. The Kier molecular flexibility index (Phi) is 6.49. The van der Waals surface area contributed by atoms with E-state index < -0.39 is 0 Å². The maximum absolute atomic E-state index is 8.08. The molecule has 0 heterocycles. The van der Waals surface area contributed by atoms with Crippen LogP contribution in [0.2, 0.25) is 0 Å². The Balaban J connectivity index is 2.97. The van der Waals surface area contributed by atoms with Gasteiger partial charge in [-0.25, -0.2) is 0 Å². The molecule has 0 aromatic heterocycles. The molecule has 50 valence electrons. The highest BCUT2D eigenvalue weighted by Crippen LogP contribution is 1.85. The van der Waals surface area contributed by atoms with E-state index in [0.717, 1.165) is 13.0 Å². The molecule has 0 rings (SSSR count). The van der Waals surface area contributed by atoms with Gasteiger partial charge in [0.2, 0.25) is 0 Å². The van der Waals surface area contributed by atoms with Crippen LogP contribution in [0.15, 0.2) is 4.99 Å². The zero-order valence-corrected chi connectivity index (χ0v) is 5.80. The smallest absolute Gasteiger partial charge is 0.0700 e. The first-order valence-corrected chi connectivity index (χ1v) is 3.27. The van der Waals surface area contributed by atoms with Crippen molar-refractivity contribution < 1.29 is 0 Å². The van der Waals surface area contributed by atoms with Crippen LogP contribution in [-0.2, 0) is 0 Å². The van der Waals surface area contributed by atoms with Crippen LogP contribution in [0.25, 0.3) is 0 Å². The molecule has 0 atom stereocenters. The molecule has 0 aliphatic rings. The number of nitrogens with zero attached hydrogens (tertiary/aromatic N) is 2. The van der Waals surface area contributed by atoms with Gasteiger partial charge in [0.25, 0.3) is 0 Å². The lowest BCUT2D eigenvalue weighted by Crippen LogP contribution is -1.79. The summed E-state index contributed by atoms with van der Waals surface area (Å²) in [4.78, 5) is 4.00. The van der Waals surface area contributed by atoms with E-state index in [1.54, 1.807) is 6.21 Å². The van der Waals surface area contributed by atoms with Gasteiger partial charge in [-0.15, -0.1) is 0 Å². The van der Waals surface area contributed by atoms with Crippen molar-refractivity contribution in [3.63, 3.8) is 0 Å². The van der Waals surface area contributed by atoms with E-state index in [0.29, 0.717) is 6.42 Å². The summed E-state index contributed by atoms with van der Waals surface area (Å²) >= 11 is 0. The average Bonchev–Trinajstić information content (AvgIpc) is 1.89. The van der Waals surface area contributed by atoms with Crippen molar-refractivity contribution in [3.8, 4) is 6.07 Å². The molecule has 0 radical (unpaired) electrons. The van der Waals surface area contributed by atoms with Gasteiger partial charge in [0.05, 0.1) is 12.5 Å². The molecule has 0 aliphatic heterocycles. The van der Waals surface area contributed by atoms with Crippen molar-refractivity contribution in [2.75, 3.05) is 6.54 Å². The van der Waals surface area contributed by atoms with Crippen molar-refractivity contribution >= 4 is 6.21 Å². The molecule has 0 N–H and O–H groups in total. The zero-order chi connectivity index (χ0) is 6.95. The molecular formula is C7H12N2. The Hall–Kier alpha value is -0.840.